The van der Waals surface area contributed by atoms with E-state index in [-0.39, 0.29) is 6.42 Å². The van der Waals surface area contributed by atoms with E-state index in [4.69, 9.17) is 9.26 Å². The van der Waals surface area contributed by atoms with Gasteiger partial charge in [-0.1, -0.05) is 17.3 Å². The minimum Gasteiger partial charge on any atom is -0.497 e. The maximum atomic E-state index is 12.6. The largest absolute Gasteiger partial charge is 0.497 e. The van der Waals surface area contributed by atoms with Crippen LogP contribution in [0.1, 0.15) is 40.7 Å². The number of hydrogen-bond donors (Lipinski definition) is 2. The molecule has 1 aromatic carbocycles. The minimum absolute atomic E-state index is 0.282. The van der Waals surface area contributed by atoms with Gasteiger partial charge in [-0.2, -0.15) is 0 Å². The highest BCUT2D eigenvalue weighted by Crippen LogP contribution is 2.29. The molecular formula is C17H20N2O5. The number of carboxylic acids is 1. The number of nitrogens with one attached hydrogen (secondary N) is 1. The fraction of sp³-hybridized carbons (Fsp3) is 0.353. The van der Waals surface area contributed by atoms with Crippen LogP contribution in [0.5, 0.6) is 5.75 Å². The smallest absolute Gasteiger partial charge is 0.306 e. The van der Waals surface area contributed by atoms with Crippen LogP contribution in [-0.2, 0) is 10.3 Å². The number of benzene rings is 1. The number of methoxy groups -OCH3 is 1. The highest BCUT2D eigenvalue weighted by molar-refractivity contribution is 5.96. The Morgan fingerprint density at radius 2 is 2.08 bits per heavy atom. The van der Waals surface area contributed by atoms with Gasteiger partial charge in [0.15, 0.2) is 0 Å². The third-order valence-corrected chi connectivity index (χ3v) is 3.86. The number of carbonyl (C=O) groups is 2. The van der Waals surface area contributed by atoms with Crippen LogP contribution in [0, 0.1) is 13.8 Å². The second-order valence-electron chi connectivity index (χ2n) is 5.79. The molecule has 1 atom stereocenters. The van der Waals surface area contributed by atoms with Crippen LogP contribution in [0.3, 0.4) is 0 Å². The fourth-order valence-corrected chi connectivity index (χ4v) is 2.61. The summed E-state index contributed by atoms with van der Waals surface area (Å²) >= 11 is 0. The van der Waals surface area contributed by atoms with Gasteiger partial charge >= 0.3 is 5.97 Å². The third kappa shape index (κ3) is 3.56. The van der Waals surface area contributed by atoms with Crippen molar-refractivity contribution in [1.82, 2.24) is 10.5 Å². The lowest BCUT2D eigenvalue weighted by atomic mass is 9.88. The average Bonchev–Trinajstić information content (AvgIpc) is 2.85. The van der Waals surface area contributed by atoms with Gasteiger partial charge in [-0.3, -0.25) is 9.59 Å². The molecular weight excluding hydrogens is 312 g/mol. The van der Waals surface area contributed by atoms with E-state index in [1.165, 1.54) is 7.11 Å². The molecule has 0 bridgehead atoms. The summed E-state index contributed by atoms with van der Waals surface area (Å²) in [6.45, 7) is 4.95. The van der Waals surface area contributed by atoms with Gasteiger partial charge in [0.2, 0.25) is 0 Å². The van der Waals surface area contributed by atoms with Gasteiger partial charge in [-0.25, -0.2) is 0 Å². The number of rotatable bonds is 6. The first kappa shape index (κ1) is 17.5. The van der Waals surface area contributed by atoms with Crippen molar-refractivity contribution in [2.24, 2.45) is 0 Å². The van der Waals surface area contributed by atoms with Crippen molar-refractivity contribution in [1.29, 1.82) is 0 Å². The second-order valence-corrected chi connectivity index (χ2v) is 5.79. The van der Waals surface area contributed by atoms with Crippen molar-refractivity contribution < 1.29 is 24.0 Å². The average molecular weight is 332 g/mol. The molecule has 24 heavy (non-hydrogen) atoms. The van der Waals surface area contributed by atoms with Gasteiger partial charge in [0.05, 0.1) is 24.8 Å². The Labute approximate surface area is 139 Å². The van der Waals surface area contributed by atoms with Crippen LogP contribution in [-0.4, -0.2) is 29.2 Å². The van der Waals surface area contributed by atoms with Crippen molar-refractivity contribution in [3.63, 3.8) is 0 Å². The van der Waals surface area contributed by atoms with Crippen LogP contribution in [0.2, 0.25) is 0 Å². The first-order chi connectivity index (χ1) is 11.3. The number of carbonyl (C=O) groups excluding carboxylic acids is 1. The van der Waals surface area contributed by atoms with Crippen LogP contribution in [0.25, 0.3) is 0 Å². The van der Waals surface area contributed by atoms with E-state index in [1.807, 2.05) is 0 Å². The number of aliphatic carboxylic acids is 1. The summed E-state index contributed by atoms with van der Waals surface area (Å²) in [5.74, 6) is -0.499. The molecule has 1 aromatic heterocycles. The number of ether oxygens (including phenoxy) is 1. The molecule has 1 amide bonds. The topological polar surface area (TPSA) is 102 Å². The van der Waals surface area contributed by atoms with Crippen LogP contribution in [0.4, 0.5) is 0 Å². The van der Waals surface area contributed by atoms with E-state index >= 15 is 0 Å². The van der Waals surface area contributed by atoms with Crippen molar-refractivity contribution in [2.45, 2.75) is 32.7 Å². The van der Waals surface area contributed by atoms with Crippen molar-refractivity contribution >= 4 is 11.9 Å². The number of aryl methyl sites for hydroxylation is 2. The van der Waals surface area contributed by atoms with E-state index in [0.717, 1.165) is 0 Å². The molecule has 0 spiro atoms. The highest BCUT2D eigenvalue weighted by atomic mass is 16.5. The molecule has 0 aliphatic rings. The van der Waals surface area contributed by atoms with E-state index in [2.05, 4.69) is 10.5 Å². The molecule has 2 rings (SSSR count). The number of carboxylic acid groups (broad SMARTS) is 1. The fourth-order valence-electron chi connectivity index (χ4n) is 2.61. The van der Waals surface area contributed by atoms with Crippen molar-refractivity contribution in [2.75, 3.05) is 7.11 Å². The summed E-state index contributed by atoms with van der Waals surface area (Å²) in [4.78, 5) is 24.0. The summed E-state index contributed by atoms with van der Waals surface area (Å²) < 4.78 is 10.2. The van der Waals surface area contributed by atoms with Crippen molar-refractivity contribution in [3.05, 3.63) is 46.8 Å². The molecule has 2 aromatic rings. The lowest BCUT2D eigenvalue weighted by Gasteiger charge is -2.30. The minimum atomic E-state index is -1.12. The van der Waals surface area contributed by atoms with Crippen molar-refractivity contribution in [3.8, 4) is 5.75 Å². The second kappa shape index (κ2) is 6.74. The molecule has 1 unspecified atom stereocenters. The monoisotopic (exact) mass is 332 g/mol. The molecule has 1 heterocycles. The lowest BCUT2D eigenvalue weighted by Crippen LogP contribution is -2.45. The summed E-state index contributed by atoms with van der Waals surface area (Å²) in [7, 11) is 1.52. The molecule has 0 aliphatic heterocycles. The Bertz CT molecular complexity index is 749. The van der Waals surface area contributed by atoms with E-state index in [9.17, 15) is 14.7 Å². The predicted octanol–water partition coefficient (Wildman–Crippen LogP) is 2.42. The maximum absolute atomic E-state index is 12.6. The Balaban J connectivity index is 2.40. The molecule has 7 nitrogen and oxygen atoms in total. The number of aromatic nitrogens is 1. The normalized spacial score (nSPS) is 13.2. The van der Waals surface area contributed by atoms with Crippen LogP contribution in [0.15, 0.2) is 28.8 Å². The number of nitrogens with zero attached hydrogens (tertiary/aromatic N) is 1. The maximum Gasteiger partial charge on any atom is 0.306 e. The first-order valence-electron chi connectivity index (χ1n) is 7.38. The van der Waals surface area contributed by atoms with Gasteiger partial charge in [0.1, 0.15) is 17.1 Å². The zero-order chi connectivity index (χ0) is 17.9. The standard InChI is InChI=1S/C17H20N2O5/c1-10-15(11(2)24-19-10)16(22)18-17(3,9-14(20)21)12-6-5-7-13(8-12)23-4/h5-8H,9H2,1-4H3,(H,18,22)(H,20,21). The molecule has 0 saturated heterocycles. The quantitative estimate of drug-likeness (QED) is 0.842. The summed E-state index contributed by atoms with van der Waals surface area (Å²) in [6, 6.07) is 6.95. The molecule has 0 aliphatic carbocycles. The Morgan fingerprint density at radius 1 is 1.38 bits per heavy atom. The molecule has 0 saturated carbocycles. The van der Waals surface area contributed by atoms with Crippen LogP contribution < -0.4 is 10.1 Å². The Morgan fingerprint density at radius 3 is 2.62 bits per heavy atom. The van der Waals surface area contributed by atoms with E-state index in [0.29, 0.717) is 28.3 Å². The molecule has 128 valence electrons. The third-order valence-electron chi connectivity index (χ3n) is 3.86. The van der Waals surface area contributed by atoms with Gasteiger partial charge in [-0.15, -0.1) is 0 Å². The summed E-state index contributed by atoms with van der Waals surface area (Å²) in [5, 5.41) is 15.8. The molecule has 0 radical (unpaired) electrons. The zero-order valence-corrected chi connectivity index (χ0v) is 14.0. The van der Waals surface area contributed by atoms with E-state index in [1.54, 1.807) is 45.0 Å². The SMILES string of the molecule is COc1cccc(C(C)(CC(=O)O)NC(=O)c2c(C)noc2C)c1. The van der Waals surface area contributed by atoms with Gasteiger partial charge in [0.25, 0.3) is 5.91 Å². The van der Waals surface area contributed by atoms with Gasteiger partial charge < -0.3 is 19.7 Å². The molecule has 2 N–H and O–H groups in total. The number of hydrogen-bond acceptors (Lipinski definition) is 5. The predicted molar refractivity (Wildman–Crippen MR) is 86.0 cm³/mol. The van der Waals surface area contributed by atoms with Gasteiger partial charge in [-0.05, 0) is 38.5 Å². The first-order valence-corrected chi connectivity index (χ1v) is 7.38. The Hall–Kier alpha value is -2.83. The van der Waals surface area contributed by atoms with E-state index < -0.39 is 17.4 Å². The zero-order valence-electron chi connectivity index (χ0n) is 14.0. The Kier molecular flexibility index (Phi) is 4.92. The summed E-state index contributed by atoms with van der Waals surface area (Å²) in [6.07, 6.45) is -0.282. The highest BCUT2D eigenvalue weighted by Gasteiger charge is 2.33. The summed E-state index contributed by atoms with van der Waals surface area (Å²) in [5.41, 5.74) is 0.278. The molecule has 7 heteroatoms. The lowest BCUT2D eigenvalue weighted by molar-refractivity contribution is -0.138. The van der Waals surface area contributed by atoms with Crippen LogP contribution >= 0.6 is 0 Å². The number of amides is 1. The van der Waals surface area contributed by atoms with Gasteiger partial charge in [0, 0.05) is 0 Å². The molecule has 0 fully saturated rings.